The number of carbonyl (C=O) groups excluding carboxylic acids is 2. The lowest BCUT2D eigenvalue weighted by Gasteiger charge is -2.19. The topological polar surface area (TPSA) is 70.2 Å². The summed E-state index contributed by atoms with van der Waals surface area (Å²) in [7, 11) is 0. The number of amides is 3. The Bertz CT molecular complexity index is 674. The van der Waals surface area contributed by atoms with Crippen LogP contribution in [0.2, 0.25) is 0 Å². The number of urea groups is 1. The molecule has 0 heterocycles. The summed E-state index contributed by atoms with van der Waals surface area (Å²) in [5.41, 5.74) is 1.77. The molecule has 0 bridgehead atoms. The van der Waals surface area contributed by atoms with E-state index >= 15 is 0 Å². The first-order valence-corrected chi connectivity index (χ1v) is 7.71. The largest absolute Gasteiger partial charge is 0.338 e. The molecule has 0 aliphatic carbocycles. The van der Waals surface area contributed by atoms with Crippen molar-refractivity contribution < 1.29 is 14.0 Å². The number of benzene rings is 2. The maximum Gasteiger partial charge on any atom is 0.321 e. The van der Waals surface area contributed by atoms with E-state index in [1.807, 2.05) is 30.3 Å². The average molecular weight is 329 g/mol. The highest BCUT2D eigenvalue weighted by Crippen LogP contribution is 2.21. The lowest BCUT2D eigenvalue weighted by molar-refractivity contribution is -0.119. The van der Waals surface area contributed by atoms with E-state index in [4.69, 9.17) is 0 Å². The first-order chi connectivity index (χ1) is 11.6. The number of nitrogens with one attached hydrogen (secondary N) is 3. The van der Waals surface area contributed by atoms with Crippen LogP contribution in [-0.2, 0) is 4.79 Å². The van der Waals surface area contributed by atoms with Gasteiger partial charge in [-0.05, 0) is 30.2 Å². The minimum Gasteiger partial charge on any atom is -0.338 e. The number of rotatable bonds is 6. The Morgan fingerprint density at radius 3 is 2.25 bits per heavy atom. The summed E-state index contributed by atoms with van der Waals surface area (Å²) < 4.78 is 13.2. The standard InChI is InChI=1S/C18H20FN3O2/c1-2-20-18(24)22-16(23)12-21-17(13-6-4-3-5-7-13)14-8-10-15(19)11-9-14/h3-11,17,21H,2,12H2,1H3,(H2,20,22,23,24). The Labute approximate surface area is 140 Å². The van der Waals surface area contributed by atoms with E-state index in [2.05, 4.69) is 16.0 Å². The van der Waals surface area contributed by atoms with E-state index in [-0.39, 0.29) is 18.4 Å². The van der Waals surface area contributed by atoms with Crippen molar-refractivity contribution in [3.05, 3.63) is 71.5 Å². The molecule has 2 aromatic rings. The molecule has 0 radical (unpaired) electrons. The van der Waals surface area contributed by atoms with Crippen molar-refractivity contribution in [1.82, 2.24) is 16.0 Å². The van der Waals surface area contributed by atoms with Gasteiger partial charge in [0, 0.05) is 6.54 Å². The fraction of sp³-hybridized carbons (Fsp3) is 0.222. The lowest BCUT2D eigenvalue weighted by Crippen LogP contribution is -2.44. The van der Waals surface area contributed by atoms with Crippen molar-refractivity contribution in [2.24, 2.45) is 0 Å². The molecule has 2 aromatic carbocycles. The number of halogens is 1. The predicted molar refractivity (Wildman–Crippen MR) is 89.9 cm³/mol. The van der Waals surface area contributed by atoms with Crippen molar-refractivity contribution >= 4 is 11.9 Å². The van der Waals surface area contributed by atoms with Gasteiger partial charge in [0.1, 0.15) is 5.82 Å². The van der Waals surface area contributed by atoms with Gasteiger partial charge in [-0.25, -0.2) is 9.18 Å². The molecular weight excluding hydrogens is 309 g/mol. The molecule has 24 heavy (non-hydrogen) atoms. The molecule has 0 saturated heterocycles. The van der Waals surface area contributed by atoms with Crippen molar-refractivity contribution in [1.29, 1.82) is 0 Å². The van der Waals surface area contributed by atoms with E-state index in [1.54, 1.807) is 19.1 Å². The van der Waals surface area contributed by atoms with E-state index in [0.717, 1.165) is 11.1 Å². The van der Waals surface area contributed by atoms with Crippen LogP contribution in [0.15, 0.2) is 54.6 Å². The van der Waals surface area contributed by atoms with Crippen LogP contribution in [0.25, 0.3) is 0 Å². The molecule has 0 aliphatic heterocycles. The van der Waals surface area contributed by atoms with Crippen LogP contribution in [0.1, 0.15) is 24.1 Å². The number of imide groups is 1. The van der Waals surface area contributed by atoms with Gasteiger partial charge >= 0.3 is 6.03 Å². The van der Waals surface area contributed by atoms with Gasteiger partial charge in [-0.3, -0.25) is 15.4 Å². The predicted octanol–water partition coefficient (Wildman–Crippen LogP) is 2.35. The number of carbonyl (C=O) groups is 2. The minimum absolute atomic E-state index is 0.0475. The summed E-state index contributed by atoms with van der Waals surface area (Å²) in [6, 6.07) is 14.8. The Balaban J connectivity index is 2.08. The van der Waals surface area contributed by atoms with Crippen LogP contribution in [0.3, 0.4) is 0 Å². The molecule has 3 N–H and O–H groups in total. The molecule has 0 aliphatic rings. The molecular formula is C18H20FN3O2. The highest BCUT2D eigenvalue weighted by molar-refractivity contribution is 5.95. The van der Waals surface area contributed by atoms with E-state index < -0.39 is 11.9 Å². The summed E-state index contributed by atoms with van der Waals surface area (Å²) >= 11 is 0. The van der Waals surface area contributed by atoms with Crippen molar-refractivity contribution in [3.63, 3.8) is 0 Å². The normalized spacial score (nSPS) is 11.6. The summed E-state index contributed by atoms with van der Waals surface area (Å²) in [5.74, 6) is -0.761. The van der Waals surface area contributed by atoms with Gasteiger partial charge in [-0.2, -0.15) is 0 Å². The van der Waals surface area contributed by atoms with Crippen molar-refractivity contribution in [2.75, 3.05) is 13.1 Å². The van der Waals surface area contributed by atoms with Gasteiger partial charge in [-0.1, -0.05) is 42.5 Å². The van der Waals surface area contributed by atoms with Crippen LogP contribution in [-0.4, -0.2) is 25.0 Å². The van der Waals surface area contributed by atoms with Crippen LogP contribution >= 0.6 is 0 Å². The number of hydrogen-bond donors (Lipinski definition) is 3. The van der Waals surface area contributed by atoms with Crippen LogP contribution in [0.4, 0.5) is 9.18 Å². The Morgan fingerprint density at radius 1 is 1.00 bits per heavy atom. The summed E-state index contributed by atoms with van der Waals surface area (Å²) in [5, 5.41) is 7.83. The Hall–Kier alpha value is -2.73. The molecule has 0 fully saturated rings. The molecule has 6 heteroatoms. The Kier molecular flexibility index (Phi) is 6.45. The molecule has 126 valence electrons. The zero-order valence-corrected chi connectivity index (χ0v) is 13.4. The van der Waals surface area contributed by atoms with Gasteiger partial charge in [-0.15, -0.1) is 0 Å². The van der Waals surface area contributed by atoms with Gasteiger partial charge in [0.25, 0.3) is 0 Å². The van der Waals surface area contributed by atoms with Crippen LogP contribution < -0.4 is 16.0 Å². The van der Waals surface area contributed by atoms with Crippen molar-refractivity contribution in [2.45, 2.75) is 13.0 Å². The molecule has 2 rings (SSSR count). The highest BCUT2D eigenvalue weighted by Gasteiger charge is 2.16. The summed E-state index contributed by atoms with van der Waals surface area (Å²) in [4.78, 5) is 23.2. The van der Waals surface area contributed by atoms with E-state index in [1.165, 1.54) is 12.1 Å². The second-order valence-corrected chi connectivity index (χ2v) is 5.18. The Morgan fingerprint density at radius 2 is 1.62 bits per heavy atom. The molecule has 0 saturated carbocycles. The fourth-order valence-corrected chi connectivity index (χ4v) is 2.30. The summed E-state index contributed by atoms with van der Waals surface area (Å²) in [6.45, 7) is 2.16. The van der Waals surface area contributed by atoms with E-state index in [9.17, 15) is 14.0 Å². The van der Waals surface area contributed by atoms with E-state index in [0.29, 0.717) is 6.54 Å². The van der Waals surface area contributed by atoms with Gasteiger partial charge in [0.05, 0.1) is 12.6 Å². The maximum absolute atomic E-state index is 13.2. The summed E-state index contributed by atoms with van der Waals surface area (Å²) in [6.07, 6.45) is 0. The van der Waals surface area contributed by atoms with Gasteiger partial charge in [0.2, 0.25) is 5.91 Å². The molecule has 1 unspecified atom stereocenters. The van der Waals surface area contributed by atoms with Crippen LogP contribution in [0, 0.1) is 5.82 Å². The third-order valence-electron chi connectivity index (χ3n) is 3.39. The zero-order chi connectivity index (χ0) is 17.4. The third-order valence-corrected chi connectivity index (χ3v) is 3.39. The lowest BCUT2D eigenvalue weighted by atomic mass is 9.98. The molecule has 0 spiro atoms. The fourth-order valence-electron chi connectivity index (χ4n) is 2.30. The van der Waals surface area contributed by atoms with Gasteiger partial charge in [0.15, 0.2) is 0 Å². The monoisotopic (exact) mass is 329 g/mol. The second kappa shape index (κ2) is 8.79. The van der Waals surface area contributed by atoms with Crippen molar-refractivity contribution in [3.8, 4) is 0 Å². The minimum atomic E-state index is -0.526. The maximum atomic E-state index is 13.2. The quantitative estimate of drug-likeness (QED) is 0.762. The first-order valence-electron chi connectivity index (χ1n) is 7.71. The molecule has 3 amide bonds. The zero-order valence-electron chi connectivity index (χ0n) is 13.4. The molecule has 5 nitrogen and oxygen atoms in total. The first kappa shape index (κ1) is 17.6. The molecule has 1 atom stereocenters. The smallest absolute Gasteiger partial charge is 0.321 e. The van der Waals surface area contributed by atoms with Crippen LogP contribution in [0.5, 0.6) is 0 Å². The van der Waals surface area contributed by atoms with Gasteiger partial charge < -0.3 is 5.32 Å². The SMILES string of the molecule is CCNC(=O)NC(=O)CNC(c1ccccc1)c1ccc(F)cc1. The number of hydrogen-bond acceptors (Lipinski definition) is 3. The highest BCUT2D eigenvalue weighted by atomic mass is 19.1. The molecule has 0 aromatic heterocycles. The second-order valence-electron chi connectivity index (χ2n) is 5.18. The average Bonchev–Trinajstić information content (AvgIpc) is 2.57. The third kappa shape index (κ3) is 5.17.